The highest BCUT2D eigenvalue weighted by molar-refractivity contribution is 6.16. The van der Waals surface area contributed by atoms with Gasteiger partial charge in [-0.05, 0) is 13.3 Å². The third-order valence-corrected chi connectivity index (χ3v) is 2.35. The average molecular weight is 163 g/mol. The first-order valence-corrected chi connectivity index (χ1v) is 4.18. The van der Waals surface area contributed by atoms with Gasteiger partial charge in [0.25, 0.3) is 0 Å². The van der Waals surface area contributed by atoms with Gasteiger partial charge in [0.05, 0.1) is 0 Å². The maximum absolute atomic E-state index is 11.1. The van der Waals surface area contributed by atoms with Crippen LogP contribution in [0.5, 0.6) is 0 Å². The van der Waals surface area contributed by atoms with E-state index in [4.69, 9.17) is 7.85 Å². The molecule has 1 aliphatic heterocycles. The molecule has 0 aromatic rings. The first kappa shape index (κ1) is 9.36. The van der Waals surface area contributed by atoms with Crippen molar-refractivity contribution in [3.63, 3.8) is 0 Å². The normalized spacial score (nSPS) is 32.9. The Morgan fingerprint density at radius 3 is 2.58 bits per heavy atom. The van der Waals surface area contributed by atoms with E-state index in [0.717, 1.165) is 6.42 Å². The predicted octanol–water partition coefficient (Wildman–Crippen LogP) is 1.07. The molecule has 2 radical (unpaired) electrons. The molecule has 0 bridgehead atoms. The van der Waals surface area contributed by atoms with Gasteiger partial charge in [-0.25, -0.2) is 0 Å². The molecule has 3 heteroatoms. The van der Waals surface area contributed by atoms with E-state index in [2.05, 4.69) is 0 Å². The Morgan fingerprint density at radius 1 is 1.75 bits per heavy atom. The van der Waals surface area contributed by atoms with Crippen molar-refractivity contribution in [3.8, 4) is 0 Å². The molecule has 1 unspecified atom stereocenters. The number of hydrogen-bond donors (Lipinski definition) is 0. The molecule has 64 valence electrons. The first-order valence-electron chi connectivity index (χ1n) is 4.18. The van der Waals surface area contributed by atoms with E-state index in [9.17, 15) is 4.79 Å². The molecule has 0 aliphatic carbocycles. The number of carbonyl (C=O) groups is 1. The Labute approximate surface area is 75.0 Å². The van der Waals surface area contributed by atoms with Crippen molar-refractivity contribution in [1.29, 1.82) is 0 Å². The van der Waals surface area contributed by atoms with Gasteiger partial charge >= 0.3 is 0 Å². The van der Waals surface area contributed by atoms with E-state index in [0.29, 0.717) is 6.54 Å². The molecule has 1 fully saturated rings. The molecule has 1 saturated heterocycles. The van der Waals surface area contributed by atoms with Gasteiger partial charge in [0.1, 0.15) is 7.85 Å². The number of allylic oxidation sites excluding steroid dienone is 1. The van der Waals surface area contributed by atoms with Gasteiger partial charge in [-0.3, -0.25) is 4.79 Å². The minimum Gasteiger partial charge on any atom is -0.342 e. The molecule has 1 amide bonds. The summed E-state index contributed by atoms with van der Waals surface area (Å²) < 4.78 is 0. The summed E-state index contributed by atoms with van der Waals surface area (Å²) >= 11 is 0. The monoisotopic (exact) mass is 163 g/mol. The number of rotatable bonds is 0. The quantitative estimate of drug-likeness (QED) is 0.386. The molecule has 12 heavy (non-hydrogen) atoms. The van der Waals surface area contributed by atoms with E-state index in [1.54, 1.807) is 11.8 Å². The summed E-state index contributed by atoms with van der Waals surface area (Å²) in [5.41, 5.74) is 0.767. The number of amides is 1. The predicted molar refractivity (Wildman–Crippen MR) is 49.9 cm³/mol. The van der Waals surface area contributed by atoms with Gasteiger partial charge in [0, 0.05) is 18.9 Å². The first-order chi connectivity index (χ1) is 5.47. The fourth-order valence-corrected chi connectivity index (χ4v) is 1.66. The zero-order chi connectivity index (χ0) is 9.35. The molecular weight excluding hydrogens is 149 g/mol. The fourth-order valence-electron chi connectivity index (χ4n) is 1.66. The van der Waals surface area contributed by atoms with Gasteiger partial charge in [-0.1, -0.05) is 18.6 Å². The van der Waals surface area contributed by atoms with Crippen LogP contribution in [0.1, 0.15) is 27.2 Å². The second-order valence-electron chi connectivity index (χ2n) is 3.59. The maximum atomic E-state index is 11.1. The van der Waals surface area contributed by atoms with E-state index in [-0.39, 0.29) is 5.91 Å². The van der Waals surface area contributed by atoms with Crippen molar-refractivity contribution in [2.24, 2.45) is 0 Å². The van der Waals surface area contributed by atoms with Crippen LogP contribution in [0.2, 0.25) is 0 Å². The van der Waals surface area contributed by atoms with Crippen LogP contribution in [0.3, 0.4) is 0 Å². The van der Waals surface area contributed by atoms with Crippen LogP contribution < -0.4 is 0 Å². The lowest BCUT2D eigenvalue weighted by molar-refractivity contribution is -0.130. The SMILES string of the molecule is [B]C1(C)C/C(=C/C)CN1C(C)=O. The highest BCUT2D eigenvalue weighted by Gasteiger charge is 2.35. The van der Waals surface area contributed by atoms with Gasteiger partial charge in [-0.15, -0.1) is 0 Å². The molecular formula is C9H14BNO. The summed E-state index contributed by atoms with van der Waals surface area (Å²) in [5.74, 6) is 0.0526. The highest BCUT2D eigenvalue weighted by Crippen LogP contribution is 2.29. The third kappa shape index (κ3) is 1.54. The van der Waals surface area contributed by atoms with Gasteiger partial charge < -0.3 is 4.90 Å². The minimum atomic E-state index is -0.478. The second kappa shape index (κ2) is 2.96. The molecule has 0 N–H and O–H groups in total. The van der Waals surface area contributed by atoms with Gasteiger partial charge in [0.2, 0.25) is 5.91 Å². The largest absolute Gasteiger partial charge is 0.342 e. The molecule has 1 aliphatic rings. The van der Waals surface area contributed by atoms with Gasteiger partial charge in [-0.2, -0.15) is 0 Å². The summed E-state index contributed by atoms with van der Waals surface area (Å²) in [5, 5.41) is 0. The zero-order valence-electron chi connectivity index (χ0n) is 7.92. The van der Waals surface area contributed by atoms with Crippen LogP contribution in [-0.2, 0) is 4.79 Å². The van der Waals surface area contributed by atoms with Crippen LogP contribution >= 0.6 is 0 Å². The van der Waals surface area contributed by atoms with Crippen molar-refractivity contribution >= 4 is 13.8 Å². The summed E-state index contributed by atoms with van der Waals surface area (Å²) in [6.07, 6.45) is 2.83. The molecule has 1 heterocycles. The average Bonchev–Trinajstić information content (AvgIpc) is 2.25. The van der Waals surface area contributed by atoms with E-state index >= 15 is 0 Å². The smallest absolute Gasteiger partial charge is 0.219 e. The third-order valence-electron chi connectivity index (χ3n) is 2.35. The molecule has 1 rings (SSSR count). The Morgan fingerprint density at radius 2 is 2.33 bits per heavy atom. The van der Waals surface area contributed by atoms with Gasteiger partial charge in [0.15, 0.2) is 0 Å². The Kier molecular flexibility index (Phi) is 2.31. The van der Waals surface area contributed by atoms with Crippen molar-refractivity contribution in [3.05, 3.63) is 11.6 Å². The number of carbonyl (C=O) groups excluding carboxylic acids is 1. The molecule has 0 spiro atoms. The van der Waals surface area contributed by atoms with E-state index in [1.165, 1.54) is 5.57 Å². The standard InChI is InChI=1S/C9H14BNO/c1-4-8-5-9(3,10)11(6-8)7(2)12/h4H,5-6H2,1-3H3/b8-4-. The van der Waals surface area contributed by atoms with Crippen molar-refractivity contribution in [2.75, 3.05) is 6.54 Å². The molecule has 0 aromatic heterocycles. The Balaban J connectivity index is 2.84. The number of hydrogen-bond acceptors (Lipinski definition) is 1. The van der Waals surface area contributed by atoms with E-state index in [1.807, 2.05) is 19.9 Å². The number of nitrogens with zero attached hydrogens (tertiary/aromatic N) is 1. The lowest BCUT2D eigenvalue weighted by atomic mass is 9.77. The molecule has 1 atom stereocenters. The fraction of sp³-hybridized carbons (Fsp3) is 0.667. The Bertz CT molecular complexity index is 233. The highest BCUT2D eigenvalue weighted by atomic mass is 16.2. The molecule has 0 aromatic carbocycles. The molecule has 2 nitrogen and oxygen atoms in total. The van der Waals surface area contributed by atoms with Crippen molar-refractivity contribution in [1.82, 2.24) is 4.90 Å². The summed E-state index contributed by atoms with van der Waals surface area (Å²) in [4.78, 5) is 12.9. The summed E-state index contributed by atoms with van der Waals surface area (Å²) in [6, 6.07) is 0. The lowest BCUT2D eigenvalue weighted by Crippen LogP contribution is -2.44. The Hall–Kier alpha value is -0.725. The van der Waals surface area contributed by atoms with Crippen LogP contribution in [0.15, 0.2) is 11.6 Å². The molecule has 0 saturated carbocycles. The van der Waals surface area contributed by atoms with Crippen LogP contribution in [0.25, 0.3) is 0 Å². The van der Waals surface area contributed by atoms with Crippen molar-refractivity contribution < 1.29 is 4.79 Å². The topological polar surface area (TPSA) is 20.3 Å². The number of likely N-dealkylation sites (tertiary alicyclic amines) is 1. The zero-order valence-corrected chi connectivity index (χ0v) is 7.92. The summed E-state index contributed by atoms with van der Waals surface area (Å²) in [6.45, 7) is 6.13. The van der Waals surface area contributed by atoms with Crippen LogP contribution in [0, 0.1) is 0 Å². The van der Waals surface area contributed by atoms with Crippen molar-refractivity contribution in [2.45, 2.75) is 32.6 Å². The lowest BCUT2D eigenvalue weighted by Gasteiger charge is -2.30. The maximum Gasteiger partial charge on any atom is 0.219 e. The minimum absolute atomic E-state index is 0.0526. The van der Waals surface area contributed by atoms with Crippen LogP contribution in [-0.4, -0.2) is 30.6 Å². The summed E-state index contributed by atoms with van der Waals surface area (Å²) in [7, 11) is 5.95. The second-order valence-corrected chi connectivity index (χ2v) is 3.59. The van der Waals surface area contributed by atoms with E-state index < -0.39 is 5.44 Å². The van der Waals surface area contributed by atoms with Crippen LogP contribution in [0.4, 0.5) is 0 Å².